The zero-order valence-electron chi connectivity index (χ0n) is 13.1. The molecule has 23 heavy (non-hydrogen) atoms. The van der Waals surface area contributed by atoms with Crippen LogP contribution in [0.15, 0.2) is 79.0 Å². The molecule has 3 heteroatoms. The number of nitrogens with zero attached hydrogens (tertiary/aromatic N) is 2. The van der Waals surface area contributed by atoms with Crippen LogP contribution in [0.4, 0.5) is 5.82 Å². The van der Waals surface area contributed by atoms with E-state index < -0.39 is 0 Å². The van der Waals surface area contributed by atoms with E-state index in [1.807, 2.05) is 30.5 Å². The van der Waals surface area contributed by atoms with E-state index in [2.05, 4.69) is 58.4 Å². The first-order valence-electron chi connectivity index (χ1n) is 7.83. The van der Waals surface area contributed by atoms with Crippen molar-refractivity contribution in [2.24, 2.45) is 5.73 Å². The Bertz CT molecular complexity index is 667. The fraction of sp³-hybridized carbons (Fsp3) is 0.150. The molecule has 0 atom stereocenters. The van der Waals surface area contributed by atoms with Crippen molar-refractivity contribution in [2.45, 2.75) is 19.6 Å². The first kappa shape index (κ1) is 15.3. The molecule has 0 aliphatic rings. The Morgan fingerprint density at radius 3 is 1.70 bits per heavy atom. The molecule has 0 aliphatic heterocycles. The first-order valence-corrected chi connectivity index (χ1v) is 7.83. The van der Waals surface area contributed by atoms with Crippen LogP contribution < -0.4 is 10.6 Å². The summed E-state index contributed by atoms with van der Waals surface area (Å²) in [6, 6.07) is 25.0. The van der Waals surface area contributed by atoms with E-state index in [1.54, 1.807) is 0 Å². The SMILES string of the molecule is NCc1ccc(N(Cc2ccccc2)Cc2ccccc2)nc1. The summed E-state index contributed by atoms with van der Waals surface area (Å²) in [6.07, 6.45) is 1.86. The zero-order valence-corrected chi connectivity index (χ0v) is 13.1. The van der Waals surface area contributed by atoms with E-state index in [1.165, 1.54) is 11.1 Å². The Hall–Kier alpha value is -2.65. The zero-order chi connectivity index (χ0) is 15.9. The molecule has 3 rings (SSSR count). The third-order valence-corrected chi connectivity index (χ3v) is 3.80. The van der Waals surface area contributed by atoms with Gasteiger partial charge in [-0.15, -0.1) is 0 Å². The average Bonchev–Trinajstić information content (AvgIpc) is 2.63. The quantitative estimate of drug-likeness (QED) is 0.754. The lowest BCUT2D eigenvalue weighted by Crippen LogP contribution is -2.23. The van der Waals surface area contributed by atoms with Crippen molar-refractivity contribution in [3.63, 3.8) is 0 Å². The number of benzene rings is 2. The van der Waals surface area contributed by atoms with Crippen molar-refractivity contribution in [1.82, 2.24) is 4.98 Å². The van der Waals surface area contributed by atoms with Crippen molar-refractivity contribution >= 4 is 5.82 Å². The second-order valence-corrected chi connectivity index (χ2v) is 5.56. The minimum absolute atomic E-state index is 0.519. The lowest BCUT2D eigenvalue weighted by molar-refractivity contribution is 0.782. The molecule has 1 aromatic heterocycles. The van der Waals surface area contributed by atoms with Crippen LogP contribution in [0.5, 0.6) is 0 Å². The number of nitrogens with two attached hydrogens (primary N) is 1. The lowest BCUT2D eigenvalue weighted by atomic mass is 10.1. The van der Waals surface area contributed by atoms with E-state index in [0.717, 1.165) is 24.5 Å². The van der Waals surface area contributed by atoms with E-state index in [9.17, 15) is 0 Å². The summed E-state index contributed by atoms with van der Waals surface area (Å²) in [7, 11) is 0. The van der Waals surface area contributed by atoms with Gasteiger partial charge in [-0.2, -0.15) is 0 Å². The van der Waals surface area contributed by atoms with Gasteiger partial charge in [0.25, 0.3) is 0 Å². The smallest absolute Gasteiger partial charge is 0.129 e. The molecular formula is C20H21N3. The van der Waals surface area contributed by atoms with Gasteiger partial charge in [0.15, 0.2) is 0 Å². The maximum Gasteiger partial charge on any atom is 0.129 e. The summed E-state index contributed by atoms with van der Waals surface area (Å²) in [5.41, 5.74) is 9.26. The number of pyridine rings is 1. The molecule has 3 aromatic rings. The third-order valence-electron chi connectivity index (χ3n) is 3.80. The Labute approximate surface area is 137 Å². The van der Waals surface area contributed by atoms with Crippen molar-refractivity contribution in [3.05, 3.63) is 95.7 Å². The van der Waals surface area contributed by atoms with Crippen LogP contribution in [0.25, 0.3) is 0 Å². The molecule has 3 nitrogen and oxygen atoms in total. The predicted molar refractivity (Wildman–Crippen MR) is 94.9 cm³/mol. The second-order valence-electron chi connectivity index (χ2n) is 5.56. The Morgan fingerprint density at radius 2 is 1.26 bits per heavy atom. The van der Waals surface area contributed by atoms with Gasteiger partial charge in [0.05, 0.1) is 0 Å². The third kappa shape index (κ3) is 4.18. The molecule has 0 radical (unpaired) electrons. The van der Waals surface area contributed by atoms with Gasteiger partial charge in [0.1, 0.15) is 5.82 Å². The Morgan fingerprint density at radius 1 is 0.696 bits per heavy atom. The first-order chi connectivity index (χ1) is 11.3. The van der Waals surface area contributed by atoms with E-state index in [0.29, 0.717) is 6.54 Å². The highest BCUT2D eigenvalue weighted by atomic mass is 15.2. The summed E-state index contributed by atoms with van der Waals surface area (Å²) < 4.78 is 0. The van der Waals surface area contributed by atoms with Crippen LogP contribution in [0.2, 0.25) is 0 Å². The minimum Gasteiger partial charge on any atom is -0.348 e. The summed E-state index contributed by atoms with van der Waals surface area (Å²) in [5, 5.41) is 0. The number of hydrogen-bond donors (Lipinski definition) is 1. The molecule has 1 heterocycles. The van der Waals surface area contributed by atoms with Crippen LogP contribution in [0.3, 0.4) is 0 Å². The molecule has 116 valence electrons. The molecule has 0 unspecified atom stereocenters. The van der Waals surface area contributed by atoms with Gasteiger partial charge in [0.2, 0.25) is 0 Å². The molecule has 2 N–H and O–H groups in total. The molecule has 0 aliphatic carbocycles. The normalized spacial score (nSPS) is 10.5. The lowest BCUT2D eigenvalue weighted by Gasteiger charge is -2.24. The van der Waals surface area contributed by atoms with Crippen LogP contribution in [-0.4, -0.2) is 4.98 Å². The molecule has 0 saturated heterocycles. The summed E-state index contributed by atoms with van der Waals surface area (Å²) in [5.74, 6) is 0.968. The average molecular weight is 303 g/mol. The molecule has 0 spiro atoms. The Balaban J connectivity index is 1.85. The van der Waals surface area contributed by atoms with Gasteiger partial charge in [-0.1, -0.05) is 66.7 Å². The summed E-state index contributed by atoms with van der Waals surface area (Å²) >= 11 is 0. The maximum atomic E-state index is 5.67. The van der Waals surface area contributed by atoms with Gasteiger partial charge in [-0.3, -0.25) is 0 Å². The van der Waals surface area contributed by atoms with Crippen LogP contribution in [-0.2, 0) is 19.6 Å². The topological polar surface area (TPSA) is 42.1 Å². The van der Waals surface area contributed by atoms with E-state index in [-0.39, 0.29) is 0 Å². The molecular weight excluding hydrogens is 282 g/mol. The monoisotopic (exact) mass is 303 g/mol. The van der Waals surface area contributed by atoms with Crippen molar-refractivity contribution < 1.29 is 0 Å². The molecule has 2 aromatic carbocycles. The van der Waals surface area contributed by atoms with E-state index >= 15 is 0 Å². The Kier molecular flexibility index (Phi) is 5.02. The van der Waals surface area contributed by atoms with Crippen LogP contribution in [0.1, 0.15) is 16.7 Å². The molecule has 0 fully saturated rings. The van der Waals surface area contributed by atoms with Gasteiger partial charge in [0, 0.05) is 25.8 Å². The van der Waals surface area contributed by atoms with Gasteiger partial charge in [-0.05, 0) is 22.8 Å². The fourth-order valence-corrected chi connectivity index (χ4v) is 2.55. The van der Waals surface area contributed by atoms with Crippen LogP contribution >= 0.6 is 0 Å². The van der Waals surface area contributed by atoms with Gasteiger partial charge in [-0.25, -0.2) is 4.98 Å². The molecule has 0 saturated carbocycles. The second kappa shape index (κ2) is 7.56. The maximum absolute atomic E-state index is 5.67. The minimum atomic E-state index is 0.519. The largest absolute Gasteiger partial charge is 0.348 e. The van der Waals surface area contributed by atoms with Crippen molar-refractivity contribution in [3.8, 4) is 0 Å². The molecule has 0 bridgehead atoms. The number of hydrogen-bond acceptors (Lipinski definition) is 3. The summed E-state index contributed by atoms with van der Waals surface area (Å²) in [4.78, 5) is 6.87. The fourth-order valence-electron chi connectivity index (χ4n) is 2.55. The van der Waals surface area contributed by atoms with Crippen molar-refractivity contribution in [1.29, 1.82) is 0 Å². The van der Waals surface area contributed by atoms with Crippen molar-refractivity contribution in [2.75, 3.05) is 4.90 Å². The van der Waals surface area contributed by atoms with Gasteiger partial charge < -0.3 is 10.6 Å². The molecule has 0 amide bonds. The number of rotatable bonds is 6. The highest BCUT2D eigenvalue weighted by molar-refractivity contribution is 5.41. The number of aromatic nitrogens is 1. The van der Waals surface area contributed by atoms with E-state index in [4.69, 9.17) is 5.73 Å². The highest BCUT2D eigenvalue weighted by Gasteiger charge is 2.09. The summed E-state index contributed by atoms with van der Waals surface area (Å²) in [6.45, 7) is 2.17. The standard InChI is InChI=1S/C20H21N3/c21-13-19-11-12-20(22-14-19)23(15-17-7-3-1-4-8-17)16-18-9-5-2-6-10-18/h1-12,14H,13,15-16,21H2. The highest BCUT2D eigenvalue weighted by Crippen LogP contribution is 2.18. The van der Waals surface area contributed by atoms with Gasteiger partial charge >= 0.3 is 0 Å². The van der Waals surface area contributed by atoms with Crippen LogP contribution in [0, 0.1) is 0 Å². The number of anilines is 1. The predicted octanol–water partition coefficient (Wildman–Crippen LogP) is 3.75.